The highest BCUT2D eigenvalue weighted by molar-refractivity contribution is 5.32. The van der Waals surface area contributed by atoms with E-state index in [0.29, 0.717) is 12.4 Å². The molecular formula is C10H18N4O. The van der Waals surface area contributed by atoms with Gasteiger partial charge in [-0.05, 0) is 6.42 Å². The first-order valence-corrected chi connectivity index (χ1v) is 5.17. The molecule has 0 spiro atoms. The van der Waals surface area contributed by atoms with Gasteiger partial charge in [0.2, 0.25) is 0 Å². The Labute approximate surface area is 89.3 Å². The summed E-state index contributed by atoms with van der Waals surface area (Å²) in [6.07, 6.45) is 5.20. The third kappa shape index (κ3) is 3.06. The number of nitrogens with zero attached hydrogens (tertiary/aromatic N) is 2. The minimum atomic E-state index is -0.118. The molecule has 5 heteroatoms. The van der Waals surface area contributed by atoms with Crippen LogP contribution in [0.1, 0.15) is 19.8 Å². The summed E-state index contributed by atoms with van der Waals surface area (Å²) in [6.45, 7) is 2.59. The molecule has 1 atom stereocenters. The molecule has 0 saturated heterocycles. The van der Waals surface area contributed by atoms with Crippen LogP contribution in [0.5, 0.6) is 0 Å². The van der Waals surface area contributed by atoms with Gasteiger partial charge in [-0.15, -0.1) is 0 Å². The largest absolute Gasteiger partial charge is 0.361 e. The van der Waals surface area contributed by atoms with Gasteiger partial charge in [0.1, 0.15) is 0 Å². The molecule has 0 amide bonds. The maximum Gasteiger partial charge on any atom is 0.293 e. The van der Waals surface area contributed by atoms with Crippen LogP contribution in [0.3, 0.4) is 0 Å². The predicted molar refractivity (Wildman–Crippen MR) is 60.9 cm³/mol. The third-order valence-electron chi connectivity index (χ3n) is 2.28. The zero-order chi connectivity index (χ0) is 11.3. The van der Waals surface area contributed by atoms with Crippen LogP contribution < -0.4 is 16.6 Å². The number of aromatic nitrogens is 2. The molecule has 1 rings (SSSR count). The Kier molecular flexibility index (Phi) is 4.30. The lowest BCUT2D eigenvalue weighted by atomic mass is 10.2. The van der Waals surface area contributed by atoms with Crippen molar-refractivity contribution >= 4 is 5.82 Å². The molecule has 0 aliphatic rings. The summed E-state index contributed by atoms with van der Waals surface area (Å²) in [5.74, 6) is 0.379. The van der Waals surface area contributed by atoms with Gasteiger partial charge in [0.25, 0.3) is 5.56 Å². The van der Waals surface area contributed by atoms with E-state index in [-0.39, 0.29) is 11.6 Å². The minimum absolute atomic E-state index is 0.118. The van der Waals surface area contributed by atoms with Crippen LogP contribution >= 0.6 is 0 Å². The first-order chi connectivity index (χ1) is 7.19. The second kappa shape index (κ2) is 5.50. The van der Waals surface area contributed by atoms with Crippen LogP contribution in [0.4, 0.5) is 5.82 Å². The van der Waals surface area contributed by atoms with E-state index >= 15 is 0 Å². The Morgan fingerprint density at radius 2 is 2.40 bits per heavy atom. The Hall–Kier alpha value is -1.36. The summed E-state index contributed by atoms with van der Waals surface area (Å²) in [4.78, 5) is 15.6. The van der Waals surface area contributed by atoms with Gasteiger partial charge in [0.05, 0.1) is 0 Å². The SMILES string of the molecule is CCCC(CN)Nc1nccn(C)c1=O. The second-order valence-electron chi connectivity index (χ2n) is 3.56. The maximum atomic E-state index is 11.6. The molecule has 0 fully saturated rings. The van der Waals surface area contributed by atoms with Gasteiger partial charge in [-0.3, -0.25) is 4.79 Å². The average molecular weight is 210 g/mol. The molecule has 0 aliphatic carbocycles. The quantitative estimate of drug-likeness (QED) is 0.734. The Morgan fingerprint density at radius 3 is 3.00 bits per heavy atom. The Morgan fingerprint density at radius 1 is 1.67 bits per heavy atom. The minimum Gasteiger partial charge on any atom is -0.361 e. The normalized spacial score (nSPS) is 12.5. The van der Waals surface area contributed by atoms with Crippen molar-refractivity contribution in [1.82, 2.24) is 9.55 Å². The smallest absolute Gasteiger partial charge is 0.293 e. The van der Waals surface area contributed by atoms with Gasteiger partial charge in [-0.2, -0.15) is 0 Å². The molecule has 5 nitrogen and oxygen atoms in total. The highest BCUT2D eigenvalue weighted by Crippen LogP contribution is 2.01. The van der Waals surface area contributed by atoms with Gasteiger partial charge in [-0.1, -0.05) is 13.3 Å². The maximum absolute atomic E-state index is 11.6. The van der Waals surface area contributed by atoms with Crippen molar-refractivity contribution in [1.29, 1.82) is 0 Å². The fraction of sp³-hybridized carbons (Fsp3) is 0.600. The van der Waals surface area contributed by atoms with Crippen LogP contribution in [0, 0.1) is 0 Å². The molecule has 84 valence electrons. The molecule has 1 aromatic rings. The number of rotatable bonds is 5. The van der Waals surface area contributed by atoms with Gasteiger partial charge in [0, 0.05) is 32.0 Å². The molecule has 1 aromatic heterocycles. The van der Waals surface area contributed by atoms with E-state index in [4.69, 9.17) is 5.73 Å². The first kappa shape index (κ1) is 11.7. The molecule has 0 aromatic carbocycles. The van der Waals surface area contributed by atoms with Crippen molar-refractivity contribution in [3.05, 3.63) is 22.7 Å². The van der Waals surface area contributed by atoms with Crippen LogP contribution in [-0.4, -0.2) is 22.1 Å². The molecule has 0 radical (unpaired) electrons. The molecule has 0 bridgehead atoms. The topological polar surface area (TPSA) is 72.9 Å². The zero-order valence-corrected chi connectivity index (χ0v) is 9.23. The fourth-order valence-electron chi connectivity index (χ4n) is 1.39. The summed E-state index contributed by atoms with van der Waals surface area (Å²) in [5.41, 5.74) is 5.48. The van der Waals surface area contributed by atoms with Crippen molar-refractivity contribution in [2.24, 2.45) is 12.8 Å². The van der Waals surface area contributed by atoms with Gasteiger partial charge in [0.15, 0.2) is 5.82 Å². The molecule has 15 heavy (non-hydrogen) atoms. The van der Waals surface area contributed by atoms with E-state index in [9.17, 15) is 4.79 Å². The number of hydrogen-bond acceptors (Lipinski definition) is 4. The van der Waals surface area contributed by atoms with Crippen LogP contribution in [0.15, 0.2) is 17.2 Å². The van der Waals surface area contributed by atoms with Crippen molar-refractivity contribution in [3.63, 3.8) is 0 Å². The van der Waals surface area contributed by atoms with Crippen molar-refractivity contribution in [2.45, 2.75) is 25.8 Å². The molecule has 1 unspecified atom stereocenters. The average Bonchev–Trinajstić information content (AvgIpc) is 2.24. The van der Waals surface area contributed by atoms with E-state index < -0.39 is 0 Å². The number of nitrogens with one attached hydrogen (secondary N) is 1. The molecule has 1 heterocycles. The third-order valence-corrected chi connectivity index (χ3v) is 2.28. The van der Waals surface area contributed by atoms with Gasteiger partial charge >= 0.3 is 0 Å². The molecule has 3 N–H and O–H groups in total. The van der Waals surface area contributed by atoms with E-state index in [1.165, 1.54) is 4.57 Å². The summed E-state index contributed by atoms with van der Waals surface area (Å²) in [7, 11) is 1.70. The standard InChI is InChI=1S/C10H18N4O/c1-3-4-8(7-11)13-9-10(15)14(2)6-5-12-9/h5-6,8H,3-4,7,11H2,1-2H3,(H,12,13). The molecule has 0 saturated carbocycles. The fourth-order valence-corrected chi connectivity index (χ4v) is 1.39. The zero-order valence-electron chi connectivity index (χ0n) is 9.23. The second-order valence-corrected chi connectivity index (χ2v) is 3.56. The van der Waals surface area contributed by atoms with E-state index in [0.717, 1.165) is 12.8 Å². The lowest BCUT2D eigenvalue weighted by Gasteiger charge is -2.15. The lowest BCUT2D eigenvalue weighted by Crippen LogP contribution is -2.33. The Bertz CT molecular complexity index is 361. The molecular weight excluding hydrogens is 192 g/mol. The monoisotopic (exact) mass is 210 g/mol. The lowest BCUT2D eigenvalue weighted by molar-refractivity contribution is 0.642. The highest BCUT2D eigenvalue weighted by Gasteiger charge is 2.08. The summed E-state index contributed by atoms with van der Waals surface area (Å²) in [5, 5.41) is 3.07. The van der Waals surface area contributed by atoms with Crippen LogP contribution in [0.25, 0.3) is 0 Å². The summed E-state index contributed by atoms with van der Waals surface area (Å²) in [6, 6.07) is 0.123. The van der Waals surface area contributed by atoms with Crippen LogP contribution in [-0.2, 0) is 7.05 Å². The van der Waals surface area contributed by atoms with E-state index in [2.05, 4.69) is 17.2 Å². The Balaban J connectivity index is 2.79. The van der Waals surface area contributed by atoms with Gasteiger partial charge in [-0.25, -0.2) is 4.98 Å². The number of anilines is 1. The van der Waals surface area contributed by atoms with Gasteiger partial charge < -0.3 is 15.6 Å². The summed E-state index contributed by atoms with van der Waals surface area (Å²) >= 11 is 0. The van der Waals surface area contributed by atoms with E-state index in [1.54, 1.807) is 19.4 Å². The highest BCUT2D eigenvalue weighted by atomic mass is 16.1. The predicted octanol–water partition coefficient (Wildman–Crippen LogP) is 0.320. The van der Waals surface area contributed by atoms with Crippen molar-refractivity contribution in [3.8, 4) is 0 Å². The van der Waals surface area contributed by atoms with E-state index in [1.807, 2.05) is 0 Å². The van der Waals surface area contributed by atoms with Crippen molar-refractivity contribution < 1.29 is 0 Å². The van der Waals surface area contributed by atoms with Crippen molar-refractivity contribution in [2.75, 3.05) is 11.9 Å². The number of nitrogens with two attached hydrogens (primary N) is 1. The molecule has 0 aliphatic heterocycles. The first-order valence-electron chi connectivity index (χ1n) is 5.17. The number of hydrogen-bond donors (Lipinski definition) is 2. The number of aryl methyl sites for hydroxylation is 1. The van der Waals surface area contributed by atoms with Crippen LogP contribution in [0.2, 0.25) is 0 Å². The summed E-state index contributed by atoms with van der Waals surface area (Å²) < 4.78 is 1.49.